The monoisotopic (exact) mass is 182 g/mol. The molecule has 0 aliphatic carbocycles. The van der Waals surface area contributed by atoms with Crippen LogP contribution in [0.15, 0.2) is 12.7 Å². The topological polar surface area (TPSA) is 15.3 Å². The highest BCUT2D eigenvalue weighted by Gasteiger charge is 2.35. The third kappa shape index (κ3) is 3.12. The van der Waals surface area contributed by atoms with Crippen LogP contribution in [-0.2, 0) is 0 Å². The SMILES string of the molecule is C=CCN1CC(C)(C)NC(C)(C)C1. The van der Waals surface area contributed by atoms with E-state index in [-0.39, 0.29) is 11.1 Å². The van der Waals surface area contributed by atoms with Crippen LogP contribution in [0.3, 0.4) is 0 Å². The number of hydrogen-bond donors (Lipinski definition) is 1. The molecule has 1 saturated heterocycles. The first-order valence-corrected chi connectivity index (χ1v) is 4.97. The van der Waals surface area contributed by atoms with Gasteiger partial charge in [0.15, 0.2) is 0 Å². The van der Waals surface area contributed by atoms with Crippen molar-refractivity contribution in [1.82, 2.24) is 10.2 Å². The molecule has 13 heavy (non-hydrogen) atoms. The van der Waals surface area contributed by atoms with Crippen LogP contribution in [0.4, 0.5) is 0 Å². The van der Waals surface area contributed by atoms with Crippen LogP contribution in [0.2, 0.25) is 0 Å². The molecular weight excluding hydrogens is 160 g/mol. The minimum atomic E-state index is 0.213. The fourth-order valence-corrected chi connectivity index (χ4v) is 2.48. The summed E-state index contributed by atoms with van der Waals surface area (Å²) in [6, 6.07) is 0. The van der Waals surface area contributed by atoms with E-state index >= 15 is 0 Å². The summed E-state index contributed by atoms with van der Waals surface area (Å²) in [5.41, 5.74) is 0.426. The molecule has 2 heteroatoms. The number of hydrogen-bond acceptors (Lipinski definition) is 2. The lowest BCUT2D eigenvalue weighted by molar-refractivity contribution is 0.0874. The van der Waals surface area contributed by atoms with E-state index in [9.17, 15) is 0 Å². The third-order valence-corrected chi connectivity index (χ3v) is 2.30. The Morgan fingerprint density at radius 2 is 1.69 bits per heavy atom. The highest BCUT2D eigenvalue weighted by Crippen LogP contribution is 2.20. The molecular formula is C11H22N2. The van der Waals surface area contributed by atoms with Crippen LogP contribution in [0.1, 0.15) is 27.7 Å². The van der Waals surface area contributed by atoms with Crippen LogP contribution in [-0.4, -0.2) is 35.6 Å². The summed E-state index contributed by atoms with van der Waals surface area (Å²) in [6.07, 6.45) is 1.98. The van der Waals surface area contributed by atoms with Crippen LogP contribution in [0, 0.1) is 0 Å². The molecule has 0 aromatic rings. The molecule has 2 nitrogen and oxygen atoms in total. The third-order valence-electron chi connectivity index (χ3n) is 2.30. The Kier molecular flexibility index (Phi) is 2.83. The molecule has 76 valence electrons. The van der Waals surface area contributed by atoms with Gasteiger partial charge in [0.25, 0.3) is 0 Å². The molecule has 0 atom stereocenters. The molecule has 0 aromatic carbocycles. The molecule has 1 aliphatic rings. The van der Waals surface area contributed by atoms with Gasteiger partial charge in [-0.3, -0.25) is 4.90 Å². The molecule has 0 aromatic heterocycles. The summed E-state index contributed by atoms with van der Waals surface area (Å²) in [4.78, 5) is 2.45. The van der Waals surface area contributed by atoms with Crippen molar-refractivity contribution in [1.29, 1.82) is 0 Å². The van der Waals surface area contributed by atoms with Crippen molar-refractivity contribution in [3.05, 3.63) is 12.7 Å². The first-order valence-electron chi connectivity index (χ1n) is 4.97. The quantitative estimate of drug-likeness (QED) is 0.653. The van der Waals surface area contributed by atoms with Gasteiger partial charge in [-0.2, -0.15) is 0 Å². The number of rotatable bonds is 2. The lowest BCUT2D eigenvalue weighted by atomic mass is 9.91. The van der Waals surface area contributed by atoms with Gasteiger partial charge in [-0.05, 0) is 27.7 Å². The zero-order valence-corrected chi connectivity index (χ0v) is 9.35. The largest absolute Gasteiger partial charge is 0.304 e. The summed E-state index contributed by atoms with van der Waals surface area (Å²) in [5, 5.41) is 3.64. The van der Waals surface area contributed by atoms with Crippen LogP contribution < -0.4 is 5.32 Å². The van der Waals surface area contributed by atoms with Crippen molar-refractivity contribution in [3.63, 3.8) is 0 Å². The van der Waals surface area contributed by atoms with E-state index in [0.29, 0.717) is 0 Å². The van der Waals surface area contributed by atoms with Crippen molar-refractivity contribution in [3.8, 4) is 0 Å². The Hall–Kier alpha value is -0.340. The first-order chi connectivity index (χ1) is 5.85. The van der Waals surface area contributed by atoms with Crippen molar-refractivity contribution in [2.24, 2.45) is 0 Å². The second-order valence-corrected chi connectivity index (χ2v) is 5.35. The Labute approximate surface area is 82.0 Å². The zero-order valence-electron chi connectivity index (χ0n) is 9.35. The number of piperazine rings is 1. The fraction of sp³-hybridized carbons (Fsp3) is 0.818. The molecule has 0 amide bonds. The summed E-state index contributed by atoms with van der Waals surface area (Å²) in [5.74, 6) is 0. The van der Waals surface area contributed by atoms with Gasteiger partial charge < -0.3 is 5.32 Å². The molecule has 0 bridgehead atoms. The maximum atomic E-state index is 3.79. The summed E-state index contributed by atoms with van der Waals surface area (Å²) >= 11 is 0. The zero-order chi connectivity index (χ0) is 10.1. The Morgan fingerprint density at radius 3 is 2.08 bits per heavy atom. The molecule has 0 unspecified atom stereocenters. The van der Waals surface area contributed by atoms with Gasteiger partial charge in [0.1, 0.15) is 0 Å². The minimum absolute atomic E-state index is 0.213. The van der Waals surface area contributed by atoms with Gasteiger partial charge >= 0.3 is 0 Å². The van der Waals surface area contributed by atoms with E-state index in [1.165, 1.54) is 0 Å². The maximum Gasteiger partial charge on any atom is 0.0257 e. The predicted molar refractivity (Wildman–Crippen MR) is 57.9 cm³/mol. The second kappa shape index (κ2) is 3.43. The lowest BCUT2D eigenvalue weighted by Crippen LogP contribution is -2.66. The Balaban J connectivity index is 2.66. The van der Waals surface area contributed by atoms with Crippen molar-refractivity contribution < 1.29 is 0 Å². The molecule has 0 saturated carbocycles. The molecule has 1 rings (SSSR count). The molecule has 1 N–H and O–H groups in total. The highest BCUT2D eigenvalue weighted by atomic mass is 15.3. The van der Waals surface area contributed by atoms with Crippen LogP contribution >= 0.6 is 0 Å². The van der Waals surface area contributed by atoms with Gasteiger partial charge in [-0.15, -0.1) is 6.58 Å². The first kappa shape index (κ1) is 10.7. The van der Waals surface area contributed by atoms with Gasteiger partial charge in [0.2, 0.25) is 0 Å². The lowest BCUT2D eigenvalue weighted by Gasteiger charge is -2.48. The molecule has 1 aliphatic heterocycles. The highest BCUT2D eigenvalue weighted by molar-refractivity contribution is 4.98. The van der Waals surface area contributed by atoms with Gasteiger partial charge in [0, 0.05) is 30.7 Å². The fourth-order valence-electron chi connectivity index (χ4n) is 2.48. The number of nitrogens with one attached hydrogen (secondary N) is 1. The van der Waals surface area contributed by atoms with E-state index in [4.69, 9.17) is 0 Å². The smallest absolute Gasteiger partial charge is 0.0257 e. The van der Waals surface area contributed by atoms with E-state index in [2.05, 4.69) is 44.5 Å². The molecule has 1 fully saturated rings. The molecule has 0 radical (unpaired) electrons. The molecule has 1 heterocycles. The summed E-state index contributed by atoms with van der Waals surface area (Å²) in [6.45, 7) is 16.0. The van der Waals surface area contributed by atoms with Crippen molar-refractivity contribution in [2.45, 2.75) is 38.8 Å². The van der Waals surface area contributed by atoms with Gasteiger partial charge in [-0.1, -0.05) is 6.08 Å². The Morgan fingerprint density at radius 1 is 1.23 bits per heavy atom. The van der Waals surface area contributed by atoms with E-state index in [1.807, 2.05) is 6.08 Å². The minimum Gasteiger partial charge on any atom is -0.304 e. The van der Waals surface area contributed by atoms with E-state index in [0.717, 1.165) is 19.6 Å². The second-order valence-electron chi connectivity index (χ2n) is 5.35. The van der Waals surface area contributed by atoms with Crippen LogP contribution in [0.5, 0.6) is 0 Å². The molecule has 0 spiro atoms. The van der Waals surface area contributed by atoms with E-state index in [1.54, 1.807) is 0 Å². The van der Waals surface area contributed by atoms with Gasteiger partial charge in [-0.25, -0.2) is 0 Å². The number of nitrogens with zero attached hydrogens (tertiary/aromatic N) is 1. The van der Waals surface area contributed by atoms with Crippen molar-refractivity contribution >= 4 is 0 Å². The maximum absolute atomic E-state index is 3.79. The average Bonchev–Trinajstić information content (AvgIpc) is 1.78. The predicted octanol–water partition coefficient (Wildman–Crippen LogP) is 1.63. The summed E-state index contributed by atoms with van der Waals surface area (Å²) in [7, 11) is 0. The average molecular weight is 182 g/mol. The van der Waals surface area contributed by atoms with Crippen LogP contribution in [0.25, 0.3) is 0 Å². The standard InChI is InChI=1S/C11H22N2/c1-6-7-13-8-10(2,3)12-11(4,5)9-13/h6,12H,1,7-9H2,2-5H3. The van der Waals surface area contributed by atoms with Crippen molar-refractivity contribution in [2.75, 3.05) is 19.6 Å². The van der Waals surface area contributed by atoms with E-state index < -0.39 is 0 Å². The van der Waals surface area contributed by atoms with Gasteiger partial charge in [0.05, 0.1) is 0 Å². The Bertz CT molecular complexity index is 178. The summed E-state index contributed by atoms with van der Waals surface area (Å²) < 4.78 is 0. The normalized spacial score (nSPS) is 27.1.